The maximum Gasteiger partial charge on any atom is 0.501 e. The van der Waals surface area contributed by atoms with Crippen LogP contribution in [0.2, 0.25) is 0 Å². The number of alkyl halides is 3. The second kappa shape index (κ2) is 29.0. The molecule has 484 valence electrons. The van der Waals surface area contributed by atoms with E-state index in [9.17, 15) is 58.8 Å². The number of hydrogen-bond donors (Lipinski definition) is 4. The summed E-state index contributed by atoms with van der Waals surface area (Å²) in [6.45, 7) is 17.9. The van der Waals surface area contributed by atoms with Crippen LogP contribution in [0.15, 0.2) is 129 Å². The highest BCUT2D eigenvalue weighted by Crippen LogP contribution is 2.42. The minimum atomic E-state index is -6.16. The van der Waals surface area contributed by atoms with E-state index >= 15 is 0 Å². The normalized spacial score (nSPS) is 19.0. The first kappa shape index (κ1) is 67.3. The summed E-state index contributed by atoms with van der Waals surface area (Å²) in [5.41, 5.74) is 0.0887. The standard InChI is InChI=1S/C65H80F3N9O10S3/c1-5-44(2)14-15-46-41-64(3,4)28-26-47(46)42-74-33-35-75(36-34-74)50-19-16-45(17-20-50)60(80)72-90(86,87)52-21-23-55(57(40-52)89(84,85)65(66,67)68)70-49(43-88-51-11-7-6-8-12-51)27-30-73-31-37-76(38-32-73)59(79)13-9-10-29-69-48-18-22-53-54(39-48)63(83)77(62(53)82)56-24-25-58(78)71-61(56)81/h6-8,11-12,16-23,39-40,49,56,69-70H,2,5,9-10,13-15,24-38,41-43H2,1,3-4H3,(H,72,80)(H,71,78,81)/t49-,56?/m1/s1. The summed E-state index contributed by atoms with van der Waals surface area (Å²) in [6.07, 6.45) is 8.22. The number of halogens is 3. The number of anilines is 3. The molecule has 4 heterocycles. The quantitative estimate of drug-likeness (QED) is 0.0198. The largest absolute Gasteiger partial charge is 0.501 e. The van der Waals surface area contributed by atoms with E-state index in [1.807, 2.05) is 35.1 Å². The molecule has 1 unspecified atom stereocenters. The Labute approximate surface area is 529 Å². The summed E-state index contributed by atoms with van der Waals surface area (Å²) in [6, 6.07) is 21.0. The van der Waals surface area contributed by atoms with E-state index in [1.54, 1.807) is 34.7 Å². The van der Waals surface area contributed by atoms with Crippen molar-refractivity contribution in [2.75, 3.05) is 93.3 Å². The van der Waals surface area contributed by atoms with E-state index in [0.29, 0.717) is 70.3 Å². The Morgan fingerprint density at radius 3 is 2.19 bits per heavy atom. The van der Waals surface area contributed by atoms with Crippen LogP contribution in [0.1, 0.15) is 129 Å². The molecule has 4 aromatic rings. The van der Waals surface area contributed by atoms with Crippen LogP contribution in [-0.2, 0) is 34.2 Å². The highest BCUT2D eigenvalue weighted by Gasteiger charge is 2.49. The maximum atomic E-state index is 14.5. The number of unbranched alkanes of at least 4 members (excludes halogenated alkanes) is 1. The number of allylic oxidation sites excluding steroid dienone is 2. The summed E-state index contributed by atoms with van der Waals surface area (Å²) in [5, 5.41) is 8.42. The van der Waals surface area contributed by atoms with Gasteiger partial charge in [-0.25, -0.2) is 21.6 Å². The highest BCUT2D eigenvalue weighted by molar-refractivity contribution is 7.99. The first-order chi connectivity index (χ1) is 42.8. The lowest BCUT2D eigenvalue weighted by Crippen LogP contribution is -2.54. The Morgan fingerprint density at radius 2 is 1.50 bits per heavy atom. The zero-order chi connectivity index (χ0) is 64.5. The molecule has 0 spiro atoms. The number of imide groups is 2. The van der Waals surface area contributed by atoms with Gasteiger partial charge in [0.1, 0.15) is 10.9 Å². The van der Waals surface area contributed by atoms with Crippen molar-refractivity contribution >= 4 is 84.1 Å². The van der Waals surface area contributed by atoms with E-state index in [1.165, 1.54) is 41.1 Å². The molecular formula is C65H80F3N9O10S3. The van der Waals surface area contributed by atoms with E-state index in [4.69, 9.17) is 0 Å². The summed E-state index contributed by atoms with van der Waals surface area (Å²) in [4.78, 5) is 85.4. The molecule has 3 fully saturated rings. The van der Waals surface area contributed by atoms with Crippen LogP contribution < -0.4 is 25.6 Å². The molecule has 0 bridgehead atoms. The summed E-state index contributed by atoms with van der Waals surface area (Å²) < 4.78 is 99.7. The van der Waals surface area contributed by atoms with Gasteiger partial charge in [-0.3, -0.25) is 48.8 Å². The lowest BCUT2D eigenvalue weighted by Gasteiger charge is -2.39. The Balaban J connectivity index is 0.770. The molecule has 5 aliphatic rings. The van der Waals surface area contributed by atoms with E-state index in [2.05, 4.69) is 58.0 Å². The number of piperazine rings is 2. The summed E-state index contributed by atoms with van der Waals surface area (Å²) >= 11 is 1.40. The molecule has 0 radical (unpaired) electrons. The number of rotatable bonds is 26. The molecule has 2 atom stereocenters. The molecule has 25 heteroatoms. The second-order valence-corrected chi connectivity index (χ2v) is 29.3. The van der Waals surface area contributed by atoms with Gasteiger partial charge in [-0.2, -0.15) is 13.2 Å². The Hall–Kier alpha value is -7.06. The number of thioether (sulfide) groups is 1. The van der Waals surface area contributed by atoms with Gasteiger partial charge in [0.15, 0.2) is 0 Å². The summed E-state index contributed by atoms with van der Waals surface area (Å²) in [7, 11) is -11.1. The number of benzene rings is 4. The number of fused-ring (bicyclic) bond motifs is 1. The zero-order valence-electron chi connectivity index (χ0n) is 51.2. The number of sulfone groups is 1. The number of nitrogens with one attached hydrogen (secondary N) is 4. The fourth-order valence-corrected chi connectivity index (χ4v) is 15.1. The van der Waals surface area contributed by atoms with Crippen molar-refractivity contribution in [2.24, 2.45) is 5.41 Å². The zero-order valence-corrected chi connectivity index (χ0v) is 53.6. The second-order valence-electron chi connectivity index (χ2n) is 24.6. The van der Waals surface area contributed by atoms with Gasteiger partial charge in [0.25, 0.3) is 37.6 Å². The van der Waals surface area contributed by atoms with Crippen LogP contribution in [-0.4, -0.2) is 167 Å². The number of amides is 6. The van der Waals surface area contributed by atoms with Crippen LogP contribution in [0.4, 0.5) is 30.2 Å². The Bertz CT molecular complexity index is 3610. The fraction of sp³-hybridized carbons (Fsp3) is 0.477. The van der Waals surface area contributed by atoms with Crippen molar-refractivity contribution < 1.29 is 58.8 Å². The molecule has 4 aliphatic heterocycles. The number of piperidine rings is 1. The molecule has 4 N–H and O–H groups in total. The molecule has 3 saturated heterocycles. The van der Waals surface area contributed by atoms with Crippen molar-refractivity contribution in [1.82, 2.24) is 29.6 Å². The fourth-order valence-electron chi connectivity index (χ4n) is 12.1. The average molecular weight is 1300 g/mol. The predicted molar refractivity (Wildman–Crippen MR) is 340 cm³/mol. The lowest BCUT2D eigenvalue weighted by atomic mass is 9.73. The first-order valence-corrected chi connectivity index (χ1v) is 34.7. The molecular weight excluding hydrogens is 1220 g/mol. The molecule has 90 heavy (non-hydrogen) atoms. The van der Waals surface area contributed by atoms with E-state index < -0.39 is 82.5 Å². The van der Waals surface area contributed by atoms with E-state index in [-0.39, 0.29) is 53.0 Å². The number of carbonyl (C=O) groups excluding carboxylic acids is 6. The minimum Gasteiger partial charge on any atom is -0.385 e. The van der Waals surface area contributed by atoms with Gasteiger partial charge in [0, 0.05) is 118 Å². The van der Waals surface area contributed by atoms with Gasteiger partial charge in [0.05, 0.1) is 21.7 Å². The lowest BCUT2D eigenvalue weighted by molar-refractivity contribution is -0.136. The van der Waals surface area contributed by atoms with Crippen molar-refractivity contribution in [1.29, 1.82) is 0 Å². The van der Waals surface area contributed by atoms with Crippen molar-refractivity contribution in [3.05, 3.63) is 131 Å². The van der Waals surface area contributed by atoms with Crippen LogP contribution in [0.3, 0.4) is 0 Å². The van der Waals surface area contributed by atoms with Crippen molar-refractivity contribution in [2.45, 2.75) is 130 Å². The Kier molecular flexibility index (Phi) is 21.7. The summed E-state index contributed by atoms with van der Waals surface area (Å²) in [5.74, 6) is -3.17. The van der Waals surface area contributed by atoms with Crippen LogP contribution in [0, 0.1) is 5.41 Å². The highest BCUT2D eigenvalue weighted by atomic mass is 32.2. The van der Waals surface area contributed by atoms with E-state index in [0.717, 1.165) is 98.9 Å². The van der Waals surface area contributed by atoms with Gasteiger partial charge < -0.3 is 20.4 Å². The van der Waals surface area contributed by atoms with Gasteiger partial charge in [-0.05, 0) is 142 Å². The van der Waals surface area contributed by atoms with Gasteiger partial charge in [-0.15, -0.1) is 11.8 Å². The van der Waals surface area contributed by atoms with Gasteiger partial charge >= 0.3 is 5.51 Å². The third-order valence-corrected chi connectivity index (χ3v) is 21.6. The number of sulfonamides is 1. The van der Waals surface area contributed by atoms with Crippen molar-refractivity contribution in [3.63, 3.8) is 0 Å². The molecule has 0 saturated carbocycles. The SMILES string of the molecule is C=C(CC)CCC1=C(CN2CCN(c3ccc(C(=O)NS(=O)(=O)c4ccc(N[C@H](CCN5CCN(C(=O)CCCCNc6ccc7c(c6)C(=O)N(C6CCC(=O)NC6=O)C7=O)CC5)CSc5ccccc5)c(S(=O)(=O)C(F)(F)F)c4)cc3)CC2)CCC(C)(C)C1. The number of hydrogen-bond acceptors (Lipinski definition) is 16. The third-order valence-electron chi connectivity index (χ3n) is 17.6. The molecule has 9 rings (SSSR count). The molecule has 0 aromatic heterocycles. The smallest absolute Gasteiger partial charge is 0.385 e. The van der Waals surface area contributed by atoms with Crippen LogP contribution in [0.25, 0.3) is 0 Å². The molecule has 19 nitrogen and oxygen atoms in total. The van der Waals surface area contributed by atoms with Gasteiger partial charge in [-0.1, -0.05) is 62.3 Å². The topological polar surface area (TPSA) is 235 Å². The molecule has 6 amide bonds. The number of carbonyl (C=O) groups is 6. The van der Waals surface area contributed by atoms with Crippen LogP contribution >= 0.6 is 11.8 Å². The van der Waals surface area contributed by atoms with Crippen LogP contribution in [0.5, 0.6) is 0 Å². The molecule has 4 aromatic carbocycles. The monoisotopic (exact) mass is 1300 g/mol. The van der Waals surface area contributed by atoms with Crippen molar-refractivity contribution in [3.8, 4) is 0 Å². The first-order valence-electron chi connectivity index (χ1n) is 30.8. The van der Waals surface area contributed by atoms with Gasteiger partial charge in [0.2, 0.25) is 17.7 Å². The number of nitrogens with zero attached hydrogens (tertiary/aromatic N) is 5. The average Bonchev–Trinajstić information content (AvgIpc) is 1.32. The molecule has 1 aliphatic carbocycles. The Morgan fingerprint density at radius 1 is 0.800 bits per heavy atom. The minimum absolute atomic E-state index is 0.0155. The predicted octanol–water partition coefficient (Wildman–Crippen LogP) is 9.26. The maximum absolute atomic E-state index is 14.5. The third kappa shape index (κ3) is 16.7.